The summed E-state index contributed by atoms with van der Waals surface area (Å²) in [4.78, 5) is 10.4. The molecule has 0 spiro atoms. The lowest BCUT2D eigenvalue weighted by Crippen LogP contribution is -2.03. The summed E-state index contributed by atoms with van der Waals surface area (Å²) in [5.74, 6) is 0.690. The molecule has 4 heteroatoms. The normalized spacial score (nSPS) is 11.7. The molecule has 0 bridgehead atoms. The molecule has 34 heavy (non-hydrogen) atoms. The first-order chi connectivity index (χ1) is 16.8. The van der Waals surface area contributed by atoms with E-state index < -0.39 is 0 Å². The van der Waals surface area contributed by atoms with E-state index in [4.69, 9.17) is 9.97 Å². The molecule has 3 nitrogen and oxygen atoms in total. The van der Waals surface area contributed by atoms with E-state index in [9.17, 15) is 0 Å². The molecule has 0 saturated heterocycles. The molecule has 0 saturated carbocycles. The minimum absolute atomic E-state index is 0.690. The van der Waals surface area contributed by atoms with Crippen LogP contribution in [0.5, 0.6) is 0 Å². The number of aromatic nitrogens is 3. The summed E-state index contributed by atoms with van der Waals surface area (Å²) in [5.41, 5.74) is 5.22. The third kappa shape index (κ3) is 2.95. The topological polar surface area (TPSA) is 30.7 Å². The molecule has 0 unspecified atom stereocenters. The van der Waals surface area contributed by atoms with Crippen LogP contribution in [0.25, 0.3) is 60.7 Å². The summed E-state index contributed by atoms with van der Waals surface area (Å²) in [7, 11) is 0. The van der Waals surface area contributed by atoms with Crippen LogP contribution in [0.3, 0.4) is 0 Å². The first-order valence-electron chi connectivity index (χ1n) is 11.2. The van der Waals surface area contributed by atoms with E-state index in [1.807, 2.05) is 6.07 Å². The second-order valence-corrected chi connectivity index (χ2v) is 9.68. The Morgan fingerprint density at radius 1 is 0.559 bits per heavy atom. The van der Waals surface area contributed by atoms with Crippen molar-refractivity contribution in [3.8, 4) is 17.2 Å². The van der Waals surface area contributed by atoms with E-state index in [-0.39, 0.29) is 0 Å². The fourth-order valence-electron chi connectivity index (χ4n) is 4.93. The maximum absolute atomic E-state index is 5.20. The predicted octanol–water partition coefficient (Wildman–Crippen LogP) is 8.15. The number of halogens is 1. The summed E-state index contributed by atoms with van der Waals surface area (Å²) in [5, 5.41) is 5.79. The molecule has 2 aromatic heterocycles. The Morgan fingerprint density at radius 3 is 2.18 bits per heavy atom. The van der Waals surface area contributed by atoms with Gasteiger partial charge in [0.25, 0.3) is 0 Å². The van der Waals surface area contributed by atoms with E-state index in [1.54, 1.807) is 0 Å². The first kappa shape index (κ1) is 19.7. The molecule has 0 aliphatic heterocycles. The number of hydrogen-bond donors (Lipinski definition) is 0. The Bertz CT molecular complexity index is 1870. The van der Waals surface area contributed by atoms with Crippen LogP contribution < -0.4 is 0 Å². The van der Waals surface area contributed by atoms with Crippen LogP contribution in [0.1, 0.15) is 0 Å². The molecule has 7 aromatic rings. The number of rotatable bonds is 2. The molecule has 0 N–H and O–H groups in total. The lowest BCUT2D eigenvalue weighted by Gasteiger charge is -2.13. The SMILES string of the molecule is Ic1ccc2c(c1)c1ccccc1n2-c1nc(-c2ccccc2)c2ccc3ccccc3c2n1. The van der Waals surface area contributed by atoms with Gasteiger partial charge in [0.2, 0.25) is 5.95 Å². The maximum Gasteiger partial charge on any atom is 0.235 e. The van der Waals surface area contributed by atoms with Gasteiger partial charge < -0.3 is 0 Å². The molecule has 5 aromatic carbocycles. The van der Waals surface area contributed by atoms with Gasteiger partial charge in [0.15, 0.2) is 0 Å². The highest BCUT2D eigenvalue weighted by Crippen LogP contribution is 2.35. The quantitative estimate of drug-likeness (QED) is 0.162. The molecule has 7 rings (SSSR count). The van der Waals surface area contributed by atoms with Crippen LogP contribution >= 0.6 is 22.6 Å². The minimum atomic E-state index is 0.690. The molecule has 0 amide bonds. The van der Waals surface area contributed by atoms with Crippen molar-refractivity contribution in [3.05, 3.63) is 113 Å². The molecule has 2 heterocycles. The zero-order chi connectivity index (χ0) is 22.6. The number of nitrogens with zero attached hydrogens (tertiary/aromatic N) is 3. The lowest BCUT2D eigenvalue weighted by molar-refractivity contribution is 1.02. The van der Waals surface area contributed by atoms with Gasteiger partial charge in [-0.25, -0.2) is 9.97 Å². The highest BCUT2D eigenvalue weighted by atomic mass is 127. The number of benzene rings is 5. The molecule has 0 atom stereocenters. The minimum Gasteiger partial charge on any atom is -0.278 e. The molecular formula is C30H18IN3. The van der Waals surface area contributed by atoms with Gasteiger partial charge in [-0.1, -0.05) is 78.9 Å². The van der Waals surface area contributed by atoms with Crippen LogP contribution in [0.4, 0.5) is 0 Å². The summed E-state index contributed by atoms with van der Waals surface area (Å²) in [6.45, 7) is 0. The molecule has 160 valence electrons. The van der Waals surface area contributed by atoms with Crippen molar-refractivity contribution >= 4 is 66.1 Å². The predicted molar refractivity (Wildman–Crippen MR) is 150 cm³/mol. The third-order valence-corrected chi connectivity index (χ3v) is 7.13. The molecule has 0 aliphatic carbocycles. The van der Waals surface area contributed by atoms with Gasteiger partial charge in [0.05, 0.1) is 22.2 Å². The third-order valence-electron chi connectivity index (χ3n) is 6.46. The van der Waals surface area contributed by atoms with Crippen molar-refractivity contribution in [2.24, 2.45) is 0 Å². The molecule has 0 fully saturated rings. The first-order valence-corrected chi connectivity index (χ1v) is 12.3. The number of para-hydroxylation sites is 1. The number of hydrogen-bond acceptors (Lipinski definition) is 2. The Morgan fingerprint density at radius 2 is 1.29 bits per heavy atom. The van der Waals surface area contributed by atoms with Gasteiger partial charge in [-0.2, -0.15) is 0 Å². The fraction of sp³-hybridized carbons (Fsp3) is 0. The van der Waals surface area contributed by atoms with Gasteiger partial charge in [-0.05, 0) is 58.3 Å². The monoisotopic (exact) mass is 547 g/mol. The molecule has 0 aliphatic rings. The average molecular weight is 547 g/mol. The van der Waals surface area contributed by atoms with Gasteiger partial charge in [0, 0.05) is 30.7 Å². The van der Waals surface area contributed by atoms with Crippen molar-refractivity contribution < 1.29 is 0 Å². The zero-order valence-electron chi connectivity index (χ0n) is 18.1. The summed E-state index contributed by atoms with van der Waals surface area (Å²) >= 11 is 2.38. The lowest BCUT2D eigenvalue weighted by atomic mass is 10.0. The van der Waals surface area contributed by atoms with Crippen LogP contribution in [-0.2, 0) is 0 Å². The average Bonchev–Trinajstić information content (AvgIpc) is 3.22. The van der Waals surface area contributed by atoms with Gasteiger partial charge in [0.1, 0.15) is 0 Å². The van der Waals surface area contributed by atoms with Crippen molar-refractivity contribution in [2.75, 3.05) is 0 Å². The Balaban J connectivity index is 1.67. The summed E-state index contributed by atoms with van der Waals surface area (Å²) < 4.78 is 3.41. The van der Waals surface area contributed by atoms with Crippen molar-refractivity contribution in [1.82, 2.24) is 14.5 Å². The Labute approximate surface area is 209 Å². The van der Waals surface area contributed by atoms with Crippen LogP contribution in [0.15, 0.2) is 109 Å². The van der Waals surface area contributed by atoms with Gasteiger partial charge >= 0.3 is 0 Å². The van der Waals surface area contributed by atoms with Crippen LogP contribution in [0.2, 0.25) is 0 Å². The fourth-order valence-corrected chi connectivity index (χ4v) is 5.42. The van der Waals surface area contributed by atoms with Gasteiger partial charge in [-0.15, -0.1) is 0 Å². The molecular weight excluding hydrogens is 529 g/mol. The second-order valence-electron chi connectivity index (χ2n) is 8.44. The summed E-state index contributed by atoms with van der Waals surface area (Å²) in [6, 6.07) is 38.2. The highest BCUT2D eigenvalue weighted by Gasteiger charge is 2.18. The largest absolute Gasteiger partial charge is 0.278 e. The van der Waals surface area contributed by atoms with Crippen LogP contribution in [0, 0.1) is 3.57 Å². The smallest absolute Gasteiger partial charge is 0.235 e. The standard InChI is InChI=1S/C30H18IN3/c31-21-15-17-27-25(18-21)23-12-6-7-13-26(23)34(27)30-32-28(20-9-2-1-3-10-20)24-16-14-19-8-4-5-11-22(19)29(24)33-30/h1-18H. The van der Waals surface area contributed by atoms with Crippen molar-refractivity contribution in [3.63, 3.8) is 0 Å². The number of fused-ring (bicyclic) bond motifs is 6. The Hall–Kier alpha value is -3.77. The van der Waals surface area contributed by atoms with E-state index in [0.717, 1.165) is 38.6 Å². The highest BCUT2D eigenvalue weighted by molar-refractivity contribution is 14.1. The van der Waals surface area contributed by atoms with Crippen molar-refractivity contribution in [2.45, 2.75) is 0 Å². The summed E-state index contributed by atoms with van der Waals surface area (Å²) in [6.07, 6.45) is 0. The van der Waals surface area contributed by atoms with Crippen LogP contribution in [-0.4, -0.2) is 14.5 Å². The Kier molecular flexibility index (Phi) is 4.42. The zero-order valence-corrected chi connectivity index (χ0v) is 20.3. The van der Waals surface area contributed by atoms with E-state index in [2.05, 4.69) is 130 Å². The second kappa shape index (κ2) is 7.64. The van der Waals surface area contributed by atoms with E-state index in [0.29, 0.717) is 5.95 Å². The van der Waals surface area contributed by atoms with Crippen molar-refractivity contribution in [1.29, 1.82) is 0 Å². The van der Waals surface area contributed by atoms with Gasteiger partial charge in [-0.3, -0.25) is 4.57 Å². The van der Waals surface area contributed by atoms with E-state index >= 15 is 0 Å². The maximum atomic E-state index is 5.20. The van der Waals surface area contributed by atoms with E-state index in [1.165, 1.54) is 19.7 Å². The molecule has 0 radical (unpaired) electrons.